The van der Waals surface area contributed by atoms with Gasteiger partial charge in [-0.2, -0.15) is 0 Å². The molecule has 0 bridgehead atoms. The van der Waals surface area contributed by atoms with E-state index in [1.165, 1.54) is 191 Å². The maximum absolute atomic E-state index is 10.2. The molecule has 3 heterocycles. The Kier molecular flexibility index (Phi) is 63.4. The number of unbranched alkanes of at least 4 members (excludes halogenated alkanes) is 27. The molecule has 6 N–H and O–H groups in total. The molecular weight excluding hydrogens is 1140 g/mol. The van der Waals surface area contributed by atoms with Gasteiger partial charge in [-0.25, -0.2) is 15.0 Å². The number of aliphatic hydroxyl groups is 3. The summed E-state index contributed by atoms with van der Waals surface area (Å²) in [5.74, 6) is -7.68. The molecule has 0 saturated heterocycles. The van der Waals surface area contributed by atoms with Gasteiger partial charge in [0, 0.05) is 21.1 Å². The third-order valence-corrected chi connectivity index (χ3v) is 12.1. The molecule has 0 spiro atoms. The van der Waals surface area contributed by atoms with Crippen LogP contribution in [-0.4, -0.2) is 99.4 Å². The number of rotatable bonds is 42. The summed E-state index contributed by atoms with van der Waals surface area (Å²) in [6.07, 6.45) is 49.4. The second-order valence-corrected chi connectivity index (χ2v) is 19.4. The van der Waals surface area contributed by atoms with Crippen molar-refractivity contribution in [3.8, 4) is 0 Å². The Balaban J connectivity index is -0.000000450. The second kappa shape index (κ2) is 62.8. The Morgan fingerprint density at radius 1 is 0.366 bits per heavy atom. The van der Waals surface area contributed by atoms with E-state index in [9.17, 15) is 59.4 Å². The van der Waals surface area contributed by atoms with Gasteiger partial charge in [-0.05, 0) is 55.7 Å². The summed E-state index contributed by atoms with van der Waals surface area (Å²) in [6, 6.07) is 0. The number of aromatic nitrogens is 6. The van der Waals surface area contributed by atoms with E-state index in [4.69, 9.17) is 15.3 Å². The van der Waals surface area contributed by atoms with Gasteiger partial charge in [-0.3, -0.25) is 0 Å². The van der Waals surface area contributed by atoms with Gasteiger partial charge in [0.2, 0.25) is 0 Å². The van der Waals surface area contributed by atoms with E-state index >= 15 is 0 Å². The molecule has 0 fully saturated rings. The second-order valence-electron chi connectivity index (χ2n) is 19.4. The van der Waals surface area contributed by atoms with E-state index in [1.54, 1.807) is 0 Å². The van der Waals surface area contributed by atoms with Crippen LogP contribution in [0.4, 0.5) is 0 Å². The van der Waals surface area contributed by atoms with Crippen LogP contribution < -0.4 is 30.6 Å². The summed E-state index contributed by atoms with van der Waals surface area (Å²) in [5.41, 5.74) is 1.93. The fourth-order valence-electron chi connectivity index (χ4n) is 7.38. The van der Waals surface area contributed by atoms with Crippen LogP contribution in [0.2, 0.25) is 0 Å². The van der Waals surface area contributed by atoms with Gasteiger partial charge in [0.05, 0.1) is 109 Å². The fourth-order valence-corrected chi connectivity index (χ4v) is 7.38. The first-order chi connectivity index (χ1) is 38.9. The molecule has 0 aromatic carbocycles. The van der Waals surface area contributed by atoms with Gasteiger partial charge in [0.15, 0.2) is 0 Å². The quantitative estimate of drug-likeness (QED) is 0.0253. The molecule has 0 aliphatic rings. The molecule has 22 heteroatoms. The van der Waals surface area contributed by atoms with Crippen molar-refractivity contribution in [3.63, 3.8) is 0 Å². The molecule has 0 aliphatic carbocycles. The Bertz CT molecular complexity index is 1780. The van der Waals surface area contributed by atoms with E-state index in [2.05, 4.69) is 50.7 Å². The number of nitrogens with zero attached hydrogens (tertiary/aromatic N) is 3. The van der Waals surface area contributed by atoms with Crippen molar-refractivity contribution in [3.05, 3.63) is 72.9 Å². The van der Waals surface area contributed by atoms with Crippen molar-refractivity contribution < 1.29 is 95.8 Å². The number of aliphatic hydroxyl groups excluding tert-OH is 3. The third kappa shape index (κ3) is 65.1. The standard InChI is InChI=1S/3C14H28O3.3C6H6N2O2.Mo/c3*1-2-3-4-5-6-7-8-9-10-11-12-13(15)14(16)17;3*9-6(10)2-1-5-3-7-4-8-5;/h3*13,15H,2-12H2,1H3,(H,16,17);3*1-4H,(H,7,8)(H,9,10);/p-6. The van der Waals surface area contributed by atoms with Crippen molar-refractivity contribution in [2.75, 3.05) is 0 Å². The minimum atomic E-state index is -1.35. The molecule has 82 heavy (non-hydrogen) atoms. The monoisotopic (exact) mass is 1240 g/mol. The number of nitrogens with one attached hydrogen (secondary N) is 3. The van der Waals surface area contributed by atoms with Gasteiger partial charge in [0.25, 0.3) is 0 Å². The van der Waals surface area contributed by atoms with Crippen LogP contribution in [-0.2, 0) is 49.8 Å². The number of hydrogen-bond acceptors (Lipinski definition) is 18. The normalized spacial score (nSPS) is 11.6. The average molecular weight is 1240 g/mol. The molecule has 3 aromatic heterocycles. The van der Waals surface area contributed by atoms with E-state index in [1.807, 2.05) is 0 Å². The van der Waals surface area contributed by atoms with Gasteiger partial charge >= 0.3 is 0 Å². The van der Waals surface area contributed by atoms with Crippen LogP contribution in [0, 0.1) is 0 Å². The van der Waals surface area contributed by atoms with Crippen molar-refractivity contribution in [1.82, 2.24) is 29.9 Å². The van der Waals surface area contributed by atoms with Gasteiger partial charge in [-0.15, -0.1) is 0 Å². The number of imidazole rings is 3. The summed E-state index contributed by atoms with van der Waals surface area (Å²) in [4.78, 5) is 79.4. The number of carboxylic acid groups (broad SMARTS) is 6. The number of carboxylic acids is 6. The first kappa shape index (κ1) is 82.7. The van der Waals surface area contributed by atoms with Crippen LogP contribution in [0.1, 0.15) is 250 Å². The van der Waals surface area contributed by atoms with Gasteiger partial charge in [0.1, 0.15) is 0 Å². The molecule has 0 aliphatic heterocycles. The Hall–Kier alpha value is -5.76. The zero-order chi connectivity index (χ0) is 61.0. The molecule has 468 valence electrons. The predicted molar refractivity (Wildman–Crippen MR) is 300 cm³/mol. The van der Waals surface area contributed by atoms with Crippen LogP contribution in [0.25, 0.3) is 18.2 Å². The van der Waals surface area contributed by atoms with E-state index in [0.29, 0.717) is 36.3 Å². The minimum Gasteiger partial charge on any atom is -0.547 e. The number of aromatic amines is 3. The zero-order valence-corrected chi connectivity index (χ0v) is 51.0. The molecular formula is C60H96MoN6O15-6. The third-order valence-electron chi connectivity index (χ3n) is 12.1. The SMILES string of the molecule is CCCCCCCCCCCCC(O)C(=O)[O-].CCCCCCCCCCCCC(O)C(=O)[O-].CCCCCCCCCCCCC(O)C(=O)[O-].O=C([O-])C=Cc1cnc[nH]1.O=C([O-])C=Cc1cnc[nH]1.O=C([O-])C=Cc1cnc[nH]1.[Mo]. The minimum absolute atomic E-state index is 0. The summed E-state index contributed by atoms with van der Waals surface area (Å²) < 4.78 is 0. The van der Waals surface area contributed by atoms with Crippen LogP contribution in [0.5, 0.6) is 0 Å². The summed E-state index contributed by atoms with van der Waals surface area (Å²) in [7, 11) is 0. The Morgan fingerprint density at radius 2 is 0.549 bits per heavy atom. The molecule has 0 radical (unpaired) electrons. The molecule has 21 nitrogen and oxygen atoms in total. The zero-order valence-electron chi connectivity index (χ0n) is 49.0. The smallest absolute Gasteiger partial charge is 0.0933 e. The van der Waals surface area contributed by atoms with Crippen molar-refractivity contribution in [2.24, 2.45) is 0 Å². The molecule has 3 rings (SSSR count). The average Bonchev–Trinajstić information content (AvgIpc) is 4.28. The molecule has 3 unspecified atom stereocenters. The Labute approximate surface area is 501 Å². The molecule has 0 amide bonds. The summed E-state index contributed by atoms with van der Waals surface area (Å²) >= 11 is 0. The number of carbonyl (C=O) groups is 6. The summed E-state index contributed by atoms with van der Waals surface area (Å²) in [6.45, 7) is 6.67. The Morgan fingerprint density at radius 3 is 0.695 bits per heavy atom. The topological polar surface area (TPSA) is 388 Å². The van der Waals surface area contributed by atoms with Crippen molar-refractivity contribution in [1.29, 1.82) is 0 Å². The summed E-state index contributed by atoms with van der Waals surface area (Å²) in [5, 5.41) is 87.2. The van der Waals surface area contributed by atoms with Crippen molar-refractivity contribution in [2.45, 2.75) is 251 Å². The molecule has 3 atom stereocenters. The van der Waals surface area contributed by atoms with E-state index < -0.39 is 54.1 Å². The fraction of sp³-hybridized carbons (Fsp3) is 0.650. The largest absolute Gasteiger partial charge is 0.547 e. The predicted octanol–water partition coefficient (Wildman–Crippen LogP) is 4.74. The number of hydrogen-bond donors (Lipinski definition) is 6. The maximum atomic E-state index is 10.2. The van der Waals surface area contributed by atoms with Crippen molar-refractivity contribution >= 4 is 54.0 Å². The first-order valence-electron chi connectivity index (χ1n) is 29.2. The number of aliphatic carboxylic acids is 6. The molecule has 0 saturated carbocycles. The van der Waals surface area contributed by atoms with Crippen LogP contribution >= 0.6 is 0 Å². The maximum Gasteiger partial charge on any atom is 0.0933 e. The molecule has 3 aromatic rings. The van der Waals surface area contributed by atoms with Crippen LogP contribution in [0.15, 0.2) is 55.8 Å². The van der Waals surface area contributed by atoms with E-state index in [0.717, 1.165) is 76.0 Å². The first-order valence-corrected chi connectivity index (χ1v) is 29.2. The number of H-pyrrole nitrogens is 3. The van der Waals surface area contributed by atoms with Gasteiger partial charge < -0.3 is 89.7 Å². The van der Waals surface area contributed by atoms with Gasteiger partial charge in [-0.1, -0.05) is 213 Å². The number of carbonyl (C=O) groups excluding carboxylic acids is 6. The van der Waals surface area contributed by atoms with E-state index in [-0.39, 0.29) is 21.1 Å². The van der Waals surface area contributed by atoms with Crippen LogP contribution in [0.3, 0.4) is 0 Å².